The van der Waals surface area contributed by atoms with Crippen molar-refractivity contribution in [2.75, 3.05) is 17.3 Å². The molecule has 0 radical (unpaired) electrons. The third-order valence-electron chi connectivity index (χ3n) is 2.41. The van der Waals surface area contributed by atoms with E-state index in [1.165, 1.54) is 12.3 Å². The number of hydrogen-bond acceptors (Lipinski definition) is 5. The van der Waals surface area contributed by atoms with Gasteiger partial charge in [0.2, 0.25) is 0 Å². The highest BCUT2D eigenvalue weighted by Crippen LogP contribution is 2.19. The lowest BCUT2D eigenvalue weighted by molar-refractivity contribution is -0.385. The van der Waals surface area contributed by atoms with Crippen molar-refractivity contribution >= 4 is 23.3 Å². The summed E-state index contributed by atoms with van der Waals surface area (Å²) < 4.78 is 0. The Balaban J connectivity index is 2.69. The molecule has 0 saturated heterocycles. The van der Waals surface area contributed by atoms with Gasteiger partial charge in [-0.25, -0.2) is 4.98 Å². The smallest absolute Gasteiger partial charge is 0.287 e. The Bertz CT molecular complexity index is 398. The zero-order valence-electron chi connectivity index (χ0n) is 10.3. The maximum atomic E-state index is 10.6. The van der Waals surface area contributed by atoms with Crippen molar-refractivity contribution in [3.63, 3.8) is 0 Å². The van der Waals surface area contributed by atoms with E-state index >= 15 is 0 Å². The Hall–Kier alpha value is -1.30. The van der Waals surface area contributed by atoms with Gasteiger partial charge < -0.3 is 5.32 Å². The molecule has 1 aromatic heterocycles. The molecule has 0 fully saturated rings. The van der Waals surface area contributed by atoms with E-state index in [0.29, 0.717) is 6.04 Å². The number of hydrogen-bond donors (Lipinski definition) is 1. The van der Waals surface area contributed by atoms with Gasteiger partial charge in [-0.1, -0.05) is 0 Å². The van der Waals surface area contributed by atoms with E-state index < -0.39 is 4.92 Å². The average molecular weight is 255 g/mol. The summed E-state index contributed by atoms with van der Waals surface area (Å²) in [5.41, 5.74) is 0.833. The maximum absolute atomic E-state index is 10.6. The molecule has 0 saturated carbocycles. The molecule has 0 bridgehead atoms. The molecule has 0 spiro atoms. The molecule has 6 heteroatoms. The number of rotatable bonds is 6. The third kappa shape index (κ3) is 4.22. The molecule has 1 rings (SSSR count). The second-order valence-corrected chi connectivity index (χ2v) is 4.93. The summed E-state index contributed by atoms with van der Waals surface area (Å²) in [6.07, 6.45) is 4.40. The van der Waals surface area contributed by atoms with Crippen molar-refractivity contribution < 1.29 is 4.92 Å². The van der Waals surface area contributed by atoms with Crippen LogP contribution in [0.15, 0.2) is 12.3 Å². The Morgan fingerprint density at radius 2 is 2.35 bits per heavy atom. The van der Waals surface area contributed by atoms with Crippen LogP contribution in [0, 0.1) is 17.0 Å². The van der Waals surface area contributed by atoms with Crippen LogP contribution in [0.1, 0.15) is 18.9 Å². The van der Waals surface area contributed by atoms with Crippen LogP contribution in [-0.4, -0.2) is 28.0 Å². The van der Waals surface area contributed by atoms with Crippen LogP contribution in [0.25, 0.3) is 0 Å². The highest BCUT2D eigenvalue weighted by molar-refractivity contribution is 7.98. The second kappa shape index (κ2) is 6.44. The number of nitrogens with one attached hydrogen (secondary N) is 1. The number of nitro groups is 1. The van der Waals surface area contributed by atoms with Gasteiger partial charge >= 0.3 is 0 Å². The summed E-state index contributed by atoms with van der Waals surface area (Å²) >= 11 is 1.80. The molecule has 0 amide bonds. The first-order valence-electron chi connectivity index (χ1n) is 5.41. The third-order valence-corrected chi connectivity index (χ3v) is 3.06. The average Bonchev–Trinajstić information content (AvgIpc) is 2.28. The van der Waals surface area contributed by atoms with Crippen LogP contribution in [0.3, 0.4) is 0 Å². The van der Waals surface area contributed by atoms with Crippen molar-refractivity contribution in [3.8, 4) is 0 Å². The minimum absolute atomic E-state index is 0.0322. The van der Waals surface area contributed by atoms with Gasteiger partial charge in [0.05, 0.1) is 4.92 Å². The summed E-state index contributed by atoms with van der Waals surface area (Å²) in [6.45, 7) is 3.91. The quantitative estimate of drug-likeness (QED) is 0.625. The van der Waals surface area contributed by atoms with Crippen molar-refractivity contribution in [1.82, 2.24) is 4.98 Å². The van der Waals surface area contributed by atoms with Crippen LogP contribution in [-0.2, 0) is 0 Å². The minimum atomic E-state index is -0.430. The topological polar surface area (TPSA) is 68.1 Å². The Morgan fingerprint density at radius 3 is 2.88 bits per heavy atom. The highest BCUT2D eigenvalue weighted by Gasteiger charge is 2.10. The molecule has 94 valence electrons. The molecule has 1 unspecified atom stereocenters. The fourth-order valence-corrected chi connectivity index (χ4v) is 2.00. The summed E-state index contributed by atoms with van der Waals surface area (Å²) in [4.78, 5) is 14.2. The number of nitrogens with zero attached hydrogens (tertiary/aromatic N) is 2. The number of anilines is 1. The van der Waals surface area contributed by atoms with E-state index in [1.807, 2.05) is 6.92 Å². The maximum Gasteiger partial charge on any atom is 0.287 e. The fraction of sp³-hybridized carbons (Fsp3) is 0.545. The Morgan fingerprint density at radius 1 is 1.65 bits per heavy atom. The zero-order chi connectivity index (χ0) is 12.8. The molecule has 5 nitrogen and oxygen atoms in total. The molecule has 1 atom stereocenters. The molecule has 1 heterocycles. The molecule has 0 aliphatic rings. The molecule has 1 N–H and O–H groups in total. The first-order valence-corrected chi connectivity index (χ1v) is 6.80. The van der Waals surface area contributed by atoms with Gasteiger partial charge in [-0.05, 0) is 37.8 Å². The van der Waals surface area contributed by atoms with Gasteiger partial charge in [-0.3, -0.25) is 10.1 Å². The van der Waals surface area contributed by atoms with Gasteiger partial charge in [-0.2, -0.15) is 11.8 Å². The normalized spacial score (nSPS) is 12.2. The Kier molecular flexibility index (Phi) is 5.21. The van der Waals surface area contributed by atoms with Crippen LogP contribution in [0.2, 0.25) is 0 Å². The molecule has 0 aromatic carbocycles. The van der Waals surface area contributed by atoms with Crippen molar-refractivity contribution in [1.29, 1.82) is 0 Å². The van der Waals surface area contributed by atoms with Gasteiger partial charge in [0, 0.05) is 12.1 Å². The van der Waals surface area contributed by atoms with Gasteiger partial charge in [0.25, 0.3) is 5.69 Å². The van der Waals surface area contributed by atoms with E-state index in [0.717, 1.165) is 23.6 Å². The van der Waals surface area contributed by atoms with E-state index in [-0.39, 0.29) is 5.69 Å². The second-order valence-electron chi connectivity index (χ2n) is 3.94. The van der Waals surface area contributed by atoms with Crippen LogP contribution in [0.5, 0.6) is 0 Å². The standard InChI is InChI=1S/C11H17N3O2S/c1-8-6-10(14(15)16)7-12-11(8)13-9(2)4-5-17-3/h6-7,9H,4-5H2,1-3H3,(H,12,13). The monoisotopic (exact) mass is 255 g/mol. The lowest BCUT2D eigenvalue weighted by Gasteiger charge is -2.15. The number of pyridine rings is 1. The van der Waals surface area contributed by atoms with Crippen LogP contribution < -0.4 is 5.32 Å². The van der Waals surface area contributed by atoms with Crippen molar-refractivity contribution in [2.45, 2.75) is 26.3 Å². The van der Waals surface area contributed by atoms with Crippen LogP contribution in [0.4, 0.5) is 11.5 Å². The molecule has 0 aliphatic heterocycles. The zero-order valence-corrected chi connectivity index (χ0v) is 11.1. The van der Waals surface area contributed by atoms with Crippen molar-refractivity contribution in [3.05, 3.63) is 27.9 Å². The van der Waals surface area contributed by atoms with Gasteiger partial charge in [0.1, 0.15) is 12.0 Å². The predicted molar refractivity (Wildman–Crippen MR) is 71.7 cm³/mol. The number of thioether (sulfide) groups is 1. The number of aromatic nitrogens is 1. The largest absolute Gasteiger partial charge is 0.367 e. The molecular weight excluding hydrogens is 238 g/mol. The highest BCUT2D eigenvalue weighted by atomic mass is 32.2. The molecular formula is C11H17N3O2S. The van der Waals surface area contributed by atoms with E-state index in [2.05, 4.69) is 23.5 Å². The fourth-order valence-electron chi connectivity index (χ4n) is 1.41. The lowest BCUT2D eigenvalue weighted by atomic mass is 10.2. The molecule has 0 aliphatic carbocycles. The summed E-state index contributed by atoms with van der Waals surface area (Å²) in [7, 11) is 0. The minimum Gasteiger partial charge on any atom is -0.367 e. The van der Waals surface area contributed by atoms with Crippen LogP contribution >= 0.6 is 11.8 Å². The Labute approximate surface area is 105 Å². The number of aryl methyl sites for hydroxylation is 1. The lowest BCUT2D eigenvalue weighted by Crippen LogP contribution is -2.17. The summed E-state index contributed by atoms with van der Waals surface area (Å²) in [6, 6.07) is 1.85. The summed E-state index contributed by atoms with van der Waals surface area (Å²) in [5.74, 6) is 1.81. The summed E-state index contributed by atoms with van der Waals surface area (Å²) in [5, 5.41) is 13.8. The van der Waals surface area contributed by atoms with Crippen molar-refractivity contribution in [2.24, 2.45) is 0 Å². The predicted octanol–water partition coefficient (Wildman–Crippen LogP) is 2.85. The van der Waals surface area contributed by atoms with E-state index in [9.17, 15) is 10.1 Å². The first kappa shape index (κ1) is 13.8. The SMILES string of the molecule is CSCCC(C)Nc1ncc([N+](=O)[O-])cc1C. The molecule has 1 aromatic rings. The van der Waals surface area contributed by atoms with E-state index in [1.54, 1.807) is 11.8 Å². The first-order chi connectivity index (χ1) is 8.04. The molecule has 17 heavy (non-hydrogen) atoms. The van der Waals surface area contributed by atoms with Gasteiger partial charge in [0.15, 0.2) is 0 Å². The van der Waals surface area contributed by atoms with Gasteiger partial charge in [-0.15, -0.1) is 0 Å². The van der Waals surface area contributed by atoms with E-state index in [4.69, 9.17) is 0 Å².